The van der Waals surface area contributed by atoms with Crippen molar-refractivity contribution < 1.29 is 23.8 Å². The number of hydrogen-bond donors (Lipinski definition) is 1. The maximum Gasteiger partial charge on any atom is 0.315 e. The summed E-state index contributed by atoms with van der Waals surface area (Å²) in [5.41, 5.74) is -2.06. The Labute approximate surface area is 173 Å². The first-order chi connectivity index (χ1) is 13.7. The van der Waals surface area contributed by atoms with Crippen molar-refractivity contribution in [2.75, 3.05) is 13.2 Å². The minimum Gasteiger partial charge on any atom is -0.481 e. The minimum atomic E-state index is -1.27. The molecule has 1 N–H and O–H groups in total. The Kier molecular flexibility index (Phi) is 5.00. The molecule has 4 rings (SSSR count). The lowest BCUT2D eigenvalue weighted by Gasteiger charge is -2.58. The number of carbonyl (C=O) groups excluding carboxylic acids is 1. The Hall–Kier alpha value is -1.23. The predicted octanol–water partition coefficient (Wildman–Crippen LogP) is 4.68. The molecule has 8 atom stereocenters. The van der Waals surface area contributed by atoms with E-state index in [-0.39, 0.29) is 29.6 Å². The summed E-state index contributed by atoms with van der Waals surface area (Å²) in [7, 11) is 0. The third kappa shape index (κ3) is 2.29. The summed E-state index contributed by atoms with van der Waals surface area (Å²) in [4.78, 5) is 26.0. The lowest BCUT2D eigenvalue weighted by molar-refractivity contribution is -0.186. The van der Waals surface area contributed by atoms with Crippen LogP contribution in [0.2, 0.25) is 0 Å². The highest BCUT2D eigenvalue weighted by Crippen LogP contribution is 2.82. The molecule has 5 heteroatoms. The standard InChI is InChI=1S/C24H35FO4/c1-5-6-7-29-13-23-11-17-15(4)20(25)9-19(17)22(12-26)10-16(23)8-18(14(2)3)24(22,23)21(27)28/h8,12,14-17,19-20H,5-7,9-11,13H2,1-4H3,(H,27,28)/t15?,16?,17?,19?,20?,22-,23+,24-/m0/s1. The first-order valence-electron chi connectivity index (χ1n) is 11.4. The van der Waals surface area contributed by atoms with Crippen LogP contribution >= 0.6 is 0 Å². The van der Waals surface area contributed by atoms with E-state index >= 15 is 0 Å². The van der Waals surface area contributed by atoms with E-state index < -0.39 is 28.4 Å². The summed E-state index contributed by atoms with van der Waals surface area (Å²) in [6, 6.07) is 0. The van der Waals surface area contributed by atoms with Crippen molar-refractivity contribution >= 4 is 12.3 Å². The number of fused-ring (bicyclic) bond motifs is 2. The Morgan fingerprint density at radius 1 is 1.41 bits per heavy atom. The van der Waals surface area contributed by atoms with E-state index in [1.807, 2.05) is 20.8 Å². The SMILES string of the molecule is CCCCOC[C@]12CC3C(C)C(F)CC3[C@@]3(C=O)CC1C=C(C(C)C)[C@@]23C(=O)O. The van der Waals surface area contributed by atoms with Gasteiger partial charge in [0, 0.05) is 12.0 Å². The number of aldehydes is 1. The molecular weight excluding hydrogens is 371 g/mol. The third-order valence-electron chi connectivity index (χ3n) is 9.18. The van der Waals surface area contributed by atoms with Crippen LogP contribution in [0.1, 0.15) is 59.8 Å². The van der Waals surface area contributed by atoms with Crippen LogP contribution in [0.5, 0.6) is 0 Å². The normalized spacial score (nSPS) is 47.4. The molecule has 162 valence electrons. The molecule has 0 spiro atoms. The molecule has 0 saturated heterocycles. The molecule has 4 bridgehead atoms. The number of ether oxygens (including phenoxy) is 1. The van der Waals surface area contributed by atoms with Crippen molar-refractivity contribution in [3.05, 3.63) is 11.6 Å². The molecule has 4 nitrogen and oxygen atoms in total. The van der Waals surface area contributed by atoms with E-state index in [0.717, 1.165) is 24.7 Å². The molecule has 0 aromatic heterocycles. The third-order valence-corrected chi connectivity index (χ3v) is 9.18. The van der Waals surface area contributed by atoms with E-state index in [9.17, 15) is 19.1 Å². The van der Waals surface area contributed by atoms with Gasteiger partial charge in [0.15, 0.2) is 0 Å². The molecule has 4 aliphatic carbocycles. The van der Waals surface area contributed by atoms with Gasteiger partial charge in [-0.2, -0.15) is 0 Å². The zero-order valence-electron chi connectivity index (χ0n) is 18.1. The van der Waals surface area contributed by atoms with Gasteiger partial charge in [-0.05, 0) is 55.3 Å². The highest BCUT2D eigenvalue weighted by atomic mass is 19.1. The zero-order chi connectivity index (χ0) is 21.2. The molecule has 29 heavy (non-hydrogen) atoms. The van der Waals surface area contributed by atoms with Gasteiger partial charge in [0.1, 0.15) is 17.9 Å². The molecule has 0 aromatic rings. The number of allylic oxidation sites excluding steroid dienone is 1. The predicted molar refractivity (Wildman–Crippen MR) is 108 cm³/mol. The van der Waals surface area contributed by atoms with Crippen molar-refractivity contribution in [2.24, 2.45) is 45.8 Å². The van der Waals surface area contributed by atoms with Crippen molar-refractivity contribution in [3.63, 3.8) is 0 Å². The minimum absolute atomic E-state index is 0.0127. The fraction of sp³-hybridized carbons (Fsp3) is 0.833. The van der Waals surface area contributed by atoms with Crippen molar-refractivity contribution in [3.8, 4) is 0 Å². The van der Waals surface area contributed by atoms with E-state index in [1.54, 1.807) is 0 Å². The quantitative estimate of drug-likeness (QED) is 0.361. The molecule has 0 heterocycles. The van der Waals surface area contributed by atoms with Gasteiger partial charge in [0.2, 0.25) is 0 Å². The number of halogens is 1. The maximum atomic E-state index is 14.8. The summed E-state index contributed by atoms with van der Waals surface area (Å²) >= 11 is 0. The van der Waals surface area contributed by atoms with E-state index in [2.05, 4.69) is 13.0 Å². The molecule has 0 aromatic carbocycles. The van der Waals surface area contributed by atoms with Gasteiger partial charge >= 0.3 is 5.97 Å². The average Bonchev–Trinajstić information content (AvgIpc) is 3.20. The van der Waals surface area contributed by atoms with Gasteiger partial charge in [-0.1, -0.05) is 45.8 Å². The number of unbranched alkanes of at least 4 members (excludes halogenated alkanes) is 1. The van der Waals surface area contributed by atoms with Crippen LogP contribution < -0.4 is 0 Å². The van der Waals surface area contributed by atoms with Crippen LogP contribution in [-0.4, -0.2) is 36.7 Å². The lowest BCUT2D eigenvalue weighted by Crippen LogP contribution is -2.63. The van der Waals surface area contributed by atoms with Gasteiger partial charge in [-0.15, -0.1) is 0 Å². The van der Waals surface area contributed by atoms with Crippen LogP contribution in [0.4, 0.5) is 4.39 Å². The smallest absolute Gasteiger partial charge is 0.315 e. The first kappa shape index (κ1) is 21.0. The molecule has 3 saturated carbocycles. The Morgan fingerprint density at radius 3 is 2.72 bits per heavy atom. The molecule has 0 aliphatic heterocycles. The van der Waals surface area contributed by atoms with Gasteiger partial charge in [0.25, 0.3) is 0 Å². The largest absolute Gasteiger partial charge is 0.481 e. The highest BCUT2D eigenvalue weighted by molar-refractivity contribution is 5.90. The van der Waals surface area contributed by atoms with Gasteiger partial charge in [0.05, 0.1) is 12.0 Å². The van der Waals surface area contributed by atoms with Crippen LogP contribution in [-0.2, 0) is 14.3 Å². The van der Waals surface area contributed by atoms with Crippen LogP contribution in [0.25, 0.3) is 0 Å². The van der Waals surface area contributed by atoms with Crippen LogP contribution in [0.3, 0.4) is 0 Å². The molecule has 3 fully saturated rings. The number of aliphatic carboxylic acids is 1. The molecule has 0 radical (unpaired) electrons. The summed E-state index contributed by atoms with van der Waals surface area (Å²) in [6.07, 6.45) is 5.54. The number of carboxylic acid groups (broad SMARTS) is 1. The molecule has 5 unspecified atom stereocenters. The number of hydrogen-bond acceptors (Lipinski definition) is 3. The summed E-state index contributed by atoms with van der Waals surface area (Å²) in [5.74, 6) is -1.15. The van der Waals surface area contributed by atoms with Gasteiger partial charge < -0.3 is 14.6 Å². The maximum absolute atomic E-state index is 14.8. The Bertz CT molecular complexity index is 732. The highest BCUT2D eigenvalue weighted by Gasteiger charge is 2.84. The van der Waals surface area contributed by atoms with Crippen molar-refractivity contribution in [1.82, 2.24) is 0 Å². The van der Waals surface area contributed by atoms with E-state index in [1.165, 1.54) is 0 Å². The second-order valence-electron chi connectivity index (χ2n) is 10.4. The van der Waals surface area contributed by atoms with Crippen molar-refractivity contribution in [2.45, 2.75) is 66.0 Å². The molecule has 0 amide bonds. The Balaban J connectivity index is 1.89. The first-order valence-corrected chi connectivity index (χ1v) is 11.4. The monoisotopic (exact) mass is 406 g/mol. The topological polar surface area (TPSA) is 63.6 Å². The lowest BCUT2D eigenvalue weighted by atomic mass is 9.43. The van der Waals surface area contributed by atoms with Crippen LogP contribution in [0, 0.1) is 45.8 Å². The zero-order valence-corrected chi connectivity index (χ0v) is 18.1. The fourth-order valence-corrected chi connectivity index (χ4v) is 8.07. The van der Waals surface area contributed by atoms with E-state index in [4.69, 9.17) is 4.74 Å². The molecular formula is C24H35FO4. The summed E-state index contributed by atoms with van der Waals surface area (Å²) in [5, 5.41) is 10.8. The second kappa shape index (κ2) is 6.90. The van der Waals surface area contributed by atoms with Crippen LogP contribution in [0.15, 0.2) is 11.6 Å². The fourth-order valence-electron chi connectivity index (χ4n) is 8.07. The van der Waals surface area contributed by atoms with Gasteiger partial charge in [-0.3, -0.25) is 4.79 Å². The second-order valence-corrected chi connectivity index (χ2v) is 10.4. The summed E-state index contributed by atoms with van der Waals surface area (Å²) < 4.78 is 21.0. The number of rotatable bonds is 8. The summed E-state index contributed by atoms with van der Waals surface area (Å²) in [6.45, 7) is 9.02. The van der Waals surface area contributed by atoms with Crippen molar-refractivity contribution in [1.29, 1.82) is 0 Å². The number of alkyl halides is 1. The van der Waals surface area contributed by atoms with Gasteiger partial charge in [-0.25, -0.2) is 4.39 Å². The van der Waals surface area contributed by atoms with E-state index in [0.29, 0.717) is 32.5 Å². The number of carbonyl (C=O) groups is 2. The Morgan fingerprint density at radius 2 is 2.14 bits per heavy atom. The molecule has 4 aliphatic rings. The number of carboxylic acids is 1. The average molecular weight is 407 g/mol.